The molecule has 0 aromatic heterocycles. The van der Waals surface area contributed by atoms with E-state index in [0.29, 0.717) is 0 Å². The zero-order valence-corrected chi connectivity index (χ0v) is 8.33. The molecule has 0 bridgehead atoms. The van der Waals surface area contributed by atoms with E-state index in [2.05, 4.69) is 0 Å². The number of rotatable bonds is 2. The van der Waals surface area contributed by atoms with Gasteiger partial charge >= 0.3 is 0 Å². The summed E-state index contributed by atoms with van der Waals surface area (Å²) in [5, 5.41) is 17.1. The minimum absolute atomic E-state index is 0.0195. The minimum atomic E-state index is -0.849. The lowest BCUT2D eigenvalue weighted by atomic mass is 10.5. The largest absolute Gasteiger partial charge is 0.392 e. The van der Waals surface area contributed by atoms with Crippen molar-refractivity contribution in [2.24, 2.45) is 0 Å². The van der Waals surface area contributed by atoms with Gasteiger partial charge in [0.25, 0.3) is 0 Å². The molecule has 0 aromatic carbocycles. The first kappa shape index (κ1) is 9.12. The smallest absolute Gasteiger partial charge is 0.185 e. The van der Waals surface area contributed by atoms with Crippen molar-refractivity contribution in [2.75, 3.05) is 6.61 Å². The lowest BCUT2D eigenvalue weighted by Crippen LogP contribution is -2.02. The lowest BCUT2D eigenvalue weighted by Gasteiger charge is -2.03. The van der Waals surface area contributed by atoms with E-state index in [1.807, 2.05) is 45.2 Å². The van der Waals surface area contributed by atoms with E-state index >= 15 is 0 Å². The summed E-state index contributed by atoms with van der Waals surface area (Å²) in [6.45, 7) is -0.0195. The highest BCUT2D eigenvalue weighted by Crippen LogP contribution is 2.24. The second-order valence-corrected chi connectivity index (χ2v) is 6.53. The van der Waals surface area contributed by atoms with Crippen LogP contribution in [0.1, 0.15) is 0 Å². The van der Waals surface area contributed by atoms with Crippen LogP contribution in [0.25, 0.3) is 0 Å². The van der Waals surface area contributed by atoms with Gasteiger partial charge in [-0.05, 0) is 51.3 Å². The van der Waals surface area contributed by atoms with E-state index in [-0.39, 0.29) is 6.61 Å². The SMILES string of the molecule is OCC=CC(O)(I)I. The molecule has 0 radical (unpaired) electrons. The first-order chi connectivity index (χ1) is 3.56. The zero-order chi connectivity index (χ0) is 6.62. The maximum Gasteiger partial charge on any atom is 0.185 e. The highest BCUT2D eigenvalue weighted by Gasteiger charge is 2.09. The Kier molecular flexibility index (Phi) is 4.58. The first-order valence-electron chi connectivity index (χ1n) is 1.95. The van der Waals surface area contributed by atoms with Crippen LogP contribution >= 0.6 is 45.2 Å². The van der Waals surface area contributed by atoms with Crippen molar-refractivity contribution < 1.29 is 10.2 Å². The maximum atomic E-state index is 8.92. The van der Waals surface area contributed by atoms with Crippen LogP contribution in [0.5, 0.6) is 0 Å². The summed E-state index contributed by atoms with van der Waals surface area (Å²) in [6.07, 6.45) is 3.02. The molecule has 0 heterocycles. The summed E-state index contributed by atoms with van der Waals surface area (Å²) >= 11 is 3.69. The van der Waals surface area contributed by atoms with Crippen LogP contribution in [0.4, 0.5) is 0 Å². The molecule has 0 amide bonds. The highest BCUT2D eigenvalue weighted by molar-refractivity contribution is 14.2. The Morgan fingerprint density at radius 2 is 2.00 bits per heavy atom. The Hall–Kier alpha value is 1.12. The Bertz CT molecular complexity index is 84.5. The fraction of sp³-hybridized carbons (Fsp3) is 0.500. The van der Waals surface area contributed by atoms with Gasteiger partial charge in [-0.2, -0.15) is 0 Å². The Labute approximate surface area is 75.3 Å². The van der Waals surface area contributed by atoms with Crippen molar-refractivity contribution in [1.82, 2.24) is 0 Å². The average molecular weight is 340 g/mol. The molecular formula is C4H6I2O2. The van der Waals surface area contributed by atoms with Crippen LogP contribution in [0.15, 0.2) is 12.2 Å². The number of hydrogen-bond acceptors (Lipinski definition) is 2. The molecule has 0 saturated carbocycles. The van der Waals surface area contributed by atoms with E-state index in [9.17, 15) is 0 Å². The highest BCUT2D eigenvalue weighted by atomic mass is 127. The summed E-state index contributed by atoms with van der Waals surface area (Å²) in [7, 11) is 0. The molecule has 0 aliphatic heterocycles. The summed E-state index contributed by atoms with van der Waals surface area (Å²) in [6, 6.07) is 0. The predicted molar refractivity (Wildman–Crippen MR) is 49.2 cm³/mol. The second kappa shape index (κ2) is 4.02. The van der Waals surface area contributed by atoms with Gasteiger partial charge in [-0.1, -0.05) is 6.08 Å². The van der Waals surface area contributed by atoms with Gasteiger partial charge < -0.3 is 10.2 Å². The Morgan fingerprint density at radius 3 is 2.12 bits per heavy atom. The van der Waals surface area contributed by atoms with E-state index in [0.717, 1.165) is 0 Å². The molecule has 0 atom stereocenters. The first-order valence-corrected chi connectivity index (χ1v) is 4.11. The minimum Gasteiger partial charge on any atom is -0.392 e. The number of aliphatic hydroxyl groups is 2. The third-order valence-corrected chi connectivity index (χ3v) is 1.14. The summed E-state index contributed by atoms with van der Waals surface area (Å²) in [5.74, 6) is 0. The van der Waals surface area contributed by atoms with Gasteiger partial charge in [0.1, 0.15) is 0 Å². The molecule has 8 heavy (non-hydrogen) atoms. The topological polar surface area (TPSA) is 40.5 Å². The van der Waals surface area contributed by atoms with Crippen molar-refractivity contribution in [3.8, 4) is 0 Å². The van der Waals surface area contributed by atoms with Gasteiger partial charge in [0.15, 0.2) is 1.61 Å². The van der Waals surface area contributed by atoms with Crippen LogP contribution in [-0.4, -0.2) is 18.4 Å². The van der Waals surface area contributed by atoms with Gasteiger partial charge in [0.2, 0.25) is 0 Å². The quantitative estimate of drug-likeness (QED) is 0.448. The molecular weight excluding hydrogens is 334 g/mol. The van der Waals surface area contributed by atoms with Gasteiger partial charge in [0.05, 0.1) is 6.61 Å². The molecule has 2 nitrogen and oxygen atoms in total. The molecule has 0 aromatic rings. The molecule has 0 saturated heterocycles. The van der Waals surface area contributed by atoms with Crippen LogP contribution in [0, 0.1) is 0 Å². The van der Waals surface area contributed by atoms with Gasteiger partial charge in [-0.25, -0.2) is 0 Å². The molecule has 2 N–H and O–H groups in total. The van der Waals surface area contributed by atoms with E-state index < -0.39 is 1.61 Å². The molecule has 0 unspecified atom stereocenters. The Morgan fingerprint density at radius 1 is 1.50 bits per heavy atom. The maximum absolute atomic E-state index is 8.92. The van der Waals surface area contributed by atoms with E-state index in [4.69, 9.17) is 10.2 Å². The predicted octanol–water partition coefficient (Wildman–Crippen LogP) is 1.05. The van der Waals surface area contributed by atoms with Gasteiger partial charge in [-0.3, -0.25) is 0 Å². The summed E-state index contributed by atoms with van der Waals surface area (Å²) in [5.41, 5.74) is 0. The fourth-order valence-corrected chi connectivity index (χ4v) is 0.703. The van der Waals surface area contributed by atoms with Crippen molar-refractivity contribution in [3.05, 3.63) is 12.2 Å². The number of hydrogen-bond donors (Lipinski definition) is 2. The summed E-state index contributed by atoms with van der Waals surface area (Å²) < 4.78 is -0.849. The number of aliphatic hydroxyl groups excluding tert-OH is 1. The van der Waals surface area contributed by atoms with Crippen molar-refractivity contribution in [3.63, 3.8) is 0 Å². The average Bonchev–Trinajstić information content (AvgIpc) is 1.59. The molecule has 4 heteroatoms. The summed E-state index contributed by atoms with van der Waals surface area (Å²) in [4.78, 5) is 0. The van der Waals surface area contributed by atoms with Crippen LogP contribution in [-0.2, 0) is 0 Å². The second-order valence-electron chi connectivity index (χ2n) is 1.17. The number of alkyl halides is 2. The molecule has 0 rings (SSSR count). The lowest BCUT2D eigenvalue weighted by molar-refractivity contribution is 0.305. The fourth-order valence-electron chi connectivity index (χ4n) is 0.194. The van der Waals surface area contributed by atoms with Crippen LogP contribution < -0.4 is 0 Å². The molecule has 0 spiro atoms. The van der Waals surface area contributed by atoms with Gasteiger partial charge in [-0.15, -0.1) is 0 Å². The van der Waals surface area contributed by atoms with Crippen LogP contribution in [0.3, 0.4) is 0 Å². The normalized spacial score (nSPS) is 13.0. The van der Waals surface area contributed by atoms with E-state index in [1.54, 1.807) is 0 Å². The molecule has 0 aliphatic carbocycles. The molecule has 0 fully saturated rings. The van der Waals surface area contributed by atoms with Crippen molar-refractivity contribution >= 4 is 45.2 Å². The molecule has 48 valence electrons. The van der Waals surface area contributed by atoms with Gasteiger partial charge in [0, 0.05) is 0 Å². The third-order valence-electron chi connectivity index (χ3n) is 0.424. The Balaban J connectivity index is 3.52. The molecule has 0 aliphatic rings. The standard InChI is InChI=1S/C4H6I2O2/c5-4(6,8)2-1-3-7/h1-2,7-8H,3H2. The van der Waals surface area contributed by atoms with Crippen molar-refractivity contribution in [1.29, 1.82) is 0 Å². The van der Waals surface area contributed by atoms with Crippen LogP contribution in [0.2, 0.25) is 0 Å². The third kappa shape index (κ3) is 7.12. The zero-order valence-electron chi connectivity index (χ0n) is 4.01. The monoisotopic (exact) mass is 340 g/mol. The van der Waals surface area contributed by atoms with E-state index in [1.165, 1.54) is 12.2 Å². The number of halogens is 2. The van der Waals surface area contributed by atoms with Crippen molar-refractivity contribution in [2.45, 2.75) is 1.61 Å².